The molecule has 0 atom stereocenters. The highest BCUT2D eigenvalue weighted by Crippen LogP contribution is 2.27. The van der Waals surface area contributed by atoms with Crippen LogP contribution in [0.25, 0.3) is 0 Å². The first-order valence-corrected chi connectivity index (χ1v) is 10.3. The largest absolute Gasteiger partial charge is 0.488 e. The van der Waals surface area contributed by atoms with Crippen LogP contribution in [0, 0.1) is 0 Å². The summed E-state index contributed by atoms with van der Waals surface area (Å²) in [6.07, 6.45) is 0.973. The Morgan fingerprint density at radius 2 is 1.36 bits per heavy atom. The molecule has 148 valence electrons. The van der Waals surface area contributed by atoms with E-state index in [9.17, 15) is 0 Å². The number of hydrogen-bond donors (Lipinski definition) is 1. The van der Waals surface area contributed by atoms with Gasteiger partial charge in [-0.15, -0.1) is 12.4 Å². The van der Waals surface area contributed by atoms with Crippen LogP contribution >= 0.6 is 51.5 Å². The van der Waals surface area contributed by atoms with Gasteiger partial charge in [-0.25, -0.2) is 0 Å². The number of hydrogen-bond acceptors (Lipinski definition) is 2. The van der Waals surface area contributed by atoms with Crippen molar-refractivity contribution in [3.05, 3.63) is 97.9 Å². The number of rotatable bonds is 8. The SMILES string of the molecule is Cl.Clc1ccc(CCNCc2ccc(OCc3ccc(Cl)cc3)c(Br)c2)cc1. The van der Waals surface area contributed by atoms with Crippen LogP contribution in [0.1, 0.15) is 16.7 Å². The first-order valence-electron chi connectivity index (χ1n) is 8.71. The average molecular weight is 502 g/mol. The summed E-state index contributed by atoms with van der Waals surface area (Å²) in [5.41, 5.74) is 3.56. The monoisotopic (exact) mass is 499 g/mol. The van der Waals surface area contributed by atoms with Crippen molar-refractivity contribution in [1.29, 1.82) is 0 Å². The van der Waals surface area contributed by atoms with Gasteiger partial charge < -0.3 is 10.1 Å². The molecule has 3 aromatic carbocycles. The Bertz CT molecular complexity index is 870. The maximum atomic E-state index is 5.91. The van der Waals surface area contributed by atoms with E-state index in [4.69, 9.17) is 27.9 Å². The van der Waals surface area contributed by atoms with Crippen LogP contribution in [-0.2, 0) is 19.6 Å². The van der Waals surface area contributed by atoms with Crippen LogP contribution in [-0.4, -0.2) is 6.54 Å². The second kappa shape index (κ2) is 11.7. The Hall–Kier alpha value is -1.23. The zero-order valence-electron chi connectivity index (χ0n) is 15.1. The van der Waals surface area contributed by atoms with Crippen molar-refractivity contribution >= 4 is 51.5 Å². The molecule has 0 aliphatic heterocycles. The van der Waals surface area contributed by atoms with Crippen LogP contribution in [0.4, 0.5) is 0 Å². The Morgan fingerprint density at radius 1 is 0.786 bits per heavy atom. The van der Waals surface area contributed by atoms with E-state index in [-0.39, 0.29) is 12.4 Å². The molecule has 2 nitrogen and oxygen atoms in total. The Morgan fingerprint density at radius 3 is 1.96 bits per heavy atom. The van der Waals surface area contributed by atoms with Crippen molar-refractivity contribution in [1.82, 2.24) is 5.32 Å². The number of benzene rings is 3. The quantitative estimate of drug-likeness (QED) is 0.333. The summed E-state index contributed by atoms with van der Waals surface area (Å²) in [4.78, 5) is 0. The molecule has 3 rings (SSSR count). The normalized spacial score (nSPS) is 10.4. The minimum Gasteiger partial charge on any atom is -0.488 e. The first kappa shape index (κ1) is 23.1. The molecule has 0 bridgehead atoms. The van der Waals surface area contributed by atoms with Gasteiger partial charge in [0, 0.05) is 16.6 Å². The van der Waals surface area contributed by atoms with Crippen molar-refractivity contribution in [3.8, 4) is 5.75 Å². The van der Waals surface area contributed by atoms with Gasteiger partial charge >= 0.3 is 0 Å². The lowest BCUT2D eigenvalue weighted by atomic mass is 10.1. The maximum absolute atomic E-state index is 5.91. The highest BCUT2D eigenvalue weighted by molar-refractivity contribution is 9.10. The van der Waals surface area contributed by atoms with E-state index in [0.717, 1.165) is 45.3 Å². The Labute approximate surface area is 190 Å². The van der Waals surface area contributed by atoms with E-state index in [1.165, 1.54) is 11.1 Å². The van der Waals surface area contributed by atoms with E-state index in [1.54, 1.807) is 0 Å². The van der Waals surface area contributed by atoms with Crippen molar-refractivity contribution in [2.45, 2.75) is 19.6 Å². The smallest absolute Gasteiger partial charge is 0.134 e. The summed E-state index contributed by atoms with van der Waals surface area (Å²) in [7, 11) is 0. The minimum atomic E-state index is 0. The maximum Gasteiger partial charge on any atom is 0.134 e. The fourth-order valence-electron chi connectivity index (χ4n) is 2.63. The third kappa shape index (κ3) is 7.31. The molecule has 0 spiro atoms. The van der Waals surface area contributed by atoms with Gasteiger partial charge in [0.05, 0.1) is 4.47 Å². The molecule has 3 aromatic rings. The summed E-state index contributed by atoms with van der Waals surface area (Å²) >= 11 is 15.4. The molecule has 0 fully saturated rings. The summed E-state index contributed by atoms with van der Waals surface area (Å²) in [5.74, 6) is 0.829. The summed E-state index contributed by atoms with van der Waals surface area (Å²) in [6.45, 7) is 2.23. The van der Waals surface area contributed by atoms with Gasteiger partial charge in [-0.3, -0.25) is 0 Å². The Kier molecular flexibility index (Phi) is 9.63. The molecule has 0 saturated carbocycles. The molecule has 0 aliphatic carbocycles. The van der Waals surface area contributed by atoms with Crippen molar-refractivity contribution in [2.24, 2.45) is 0 Å². The predicted molar refractivity (Wildman–Crippen MR) is 124 cm³/mol. The lowest BCUT2D eigenvalue weighted by Crippen LogP contribution is -2.16. The van der Waals surface area contributed by atoms with Gasteiger partial charge in [0.15, 0.2) is 0 Å². The van der Waals surface area contributed by atoms with Crippen LogP contribution in [0.15, 0.2) is 71.2 Å². The molecule has 6 heteroatoms. The molecule has 0 amide bonds. The van der Waals surface area contributed by atoms with Crippen molar-refractivity contribution in [2.75, 3.05) is 6.54 Å². The Balaban J connectivity index is 0.00000280. The summed E-state index contributed by atoms with van der Waals surface area (Å²) < 4.78 is 6.84. The van der Waals surface area contributed by atoms with E-state index >= 15 is 0 Å². The second-order valence-corrected chi connectivity index (χ2v) is 7.96. The topological polar surface area (TPSA) is 21.3 Å². The number of halogens is 4. The predicted octanol–water partition coefficient (Wildman–Crippen LogP) is 7.09. The van der Waals surface area contributed by atoms with Crippen LogP contribution < -0.4 is 10.1 Å². The van der Waals surface area contributed by atoms with Gasteiger partial charge in [-0.05, 0) is 82.0 Å². The van der Waals surface area contributed by atoms with Gasteiger partial charge in [0.25, 0.3) is 0 Å². The number of nitrogens with one attached hydrogen (secondary N) is 1. The molecule has 1 N–H and O–H groups in total. The van der Waals surface area contributed by atoms with Gasteiger partial charge in [-0.2, -0.15) is 0 Å². The highest BCUT2D eigenvalue weighted by Gasteiger charge is 2.04. The molecule has 0 saturated heterocycles. The molecule has 0 aliphatic rings. The molecule has 28 heavy (non-hydrogen) atoms. The van der Waals surface area contributed by atoms with Crippen LogP contribution in [0.2, 0.25) is 10.0 Å². The van der Waals surface area contributed by atoms with Crippen molar-refractivity contribution in [3.63, 3.8) is 0 Å². The fourth-order valence-corrected chi connectivity index (χ4v) is 3.42. The van der Waals surface area contributed by atoms with E-state index in [2.05, 4.69) is 45.5 Å². The number of ether oxygens (including phenoxy) is 1. The molecular formula is C22H21BrCl3NO. The fraction of sp³-hybridized carbons (Fsp3) is 0.182. The summed E-state index contributed by atoms with van der Waals surface area (Å²) in [5, 5.41) is 4.97. The van der Waals surface area contributed by atoms with E-state index < -0.39 is 0 Å². The van der Waals surface area contributed by atoms with E-state index in [0.29, 0.717) is 6.61 Å². The van der Waals surface area contributed by atoms with Crippen LogP contribution in [0.3, 0.4) is 0 Å². The zero-order chi connectivity index (χ0) is 19.1. The van der Waals surface area contributed by atoms with Crippen LogP contribution in [0.5, 0.6) is 5.75 Å². The van der Waals surface area contributed by atoms with Gasteiger partial charge in [0.1, 0.15) is 12.4 Å². The van der Waals surface area contributed by atoms with Gasteiger partial charge in [-0.1, -0.05) is 53.5 Å². The lowest BCUT2D eigenvalue weighted by Gasteiger charge is -2.11. The molecule has 0 unspecified atom stereocenters. The van der Waals surface area contributed by atoms with E-state index in [1.807, 2.05) is 42.5 Å². The first-order chi connectivity index (χ1) is 13.1. The zero-order valence-corrected chi connectivity index (χ0v) is 19.0. The third-order valence-electron chi connectivity index (χ3n) is 4.14. The standard InChI is InChI=1S/C22H20BrCl2NO.ClH/c23-21-13-18(14-26-12-11-16-1-6-19(24)7-2-16)5-10-22(21)27-15-17-3-8-20(25)9-4-17;/h1-10,13,26H,11-12,14-15H2;1H. The minimum absolute atomic E-state index is 0. The third-order valence-corrected chi connectivity index (χ3v) is 5.26. The van der Waals surface area contributed by atoms with Gasteiger partial charge in [0.2, 0.25) is 0 Å². The molecular weight excluding hydrogens is 481 g/mol. The highest BCUT2D eigenvalue weighted by atomic mass is 79.9. The lowest BCUT2D eigenvalue weighted by molar-refractivity contribution is 0.304. The summed E-state index contributed by atoms with van der Waals surface area (Å²) in [6, 6.07) is 21.8. The molecule has 0 aromatic heterocycles. The average Bonchev–Trinajstić information content (AvgIpc) is 2.67. The molecule has 0 heterocycles. The second-order valence-electron chi connectivity index (χ2n) is 6.23. The molecule has 0 radical (unpaired) electrons. The van der Waals surface area contributed by atoms with Crippen molar-refractivity contribution < 1.29 is 4.74 Å².